The van der Waals surface area contributed by atoms with E-state index in [1.54, 1.807) is 0 Å². The number of fused-ring (bicyclic) bond motifs is 2. The van der Waals surface area contributed by atoms with Gasteiger partial charge in [0.05, 0.1) is 0 Å². The Balaban J connectivity index is 1.39. The molecule has 4 aliphatic rings. The van der Waals surface area contributed by atoms with Crippen molar-refractivity contribution in [3.63, 3.8) is 0 Å². The Bertz CT molecular complexity index is 374. The molecule has 3 atom stereocenters. The molecular formula is C18H32N2. The molecule has 0 spiro atoms. The maximum absolute atomic E-state index is 4.13. The zero-order valence-electron chi connectivity index (χ0n) is 13.6. The van der Waals surface area contributed by atoms with Crippen molar-refractivity contribution in [1.29, 1.82) is 0 Å². The van der Waals surface area contributed by atoms with Crippen LogP contribution >= 0.6 is 0 Å². The molecule has 1 saturated heterocycles. The Labute approximate surface area is 124 Å². The van der Waals surface area contributed by atoms with Crippen molar-refractivity contribution < 1.29 is 0 Å². The second kappa shape index (κ2) is 4.46. The van der Waals surface area contributed by atoms with Crippen LogP contribution in [0, 0.1) is 16.7 Å². The summed E-state index contributed by atoms with van der Waals surface area (Å²) < 4.78 is 0. The van der Waals surface area contributed by atoms with E-state index in [0.717, 1.165) is 24.0 Å². The van der Waals surface area contributed by atoms with E-state index in [1.807, 2.05) is 0 Å². The van der Waals surface area contributed by atoms with Gasteiger partial charge in [-0.1, -0.05) is 20.8 Å². The van der Waals surface area contributed by atoms with E-state index in [0.29, 0.717) is 10.8 Å². The van der Waals surface area contributed by atoms with E-state index in [9.17, 15) is 0 Å². The molecule has 0 aromatic heterocycles. The third-order valence-corrected chi connectivity index (χ3v) is 7.26. The number of nitrogens with one attached hydrogen (secondary N) is 1. The standard InChI is InChI=1S/C18H32N2/c1-17(2)13-6-9-18(3,12-13)16(17)19-14-7-10-20(11-8-14)15-4-5-15/h13-16,19H,4-12H2,1-3H3. The molecule has 4 rings (SSSR count). The Morgan fingerprint density at radius 1 is 0.950 bits per heavy atom. The molecule has 0 radical (unpaired) electrons. The first-order chi connectivity index (χ1) is 9.49. The lowest BCUT2D eigenvalue weighted by Crippen LogP contribution is -2.56. The first-order valence-electron chi connectivity index (χ1n) is 8.99. The number of likely N-dealkylation sites (tertiary alicyclic amines) is 1. The maximum Gasteiger partial charge on any atom is 0.0177 e. The van der Waals surface area contributed by atoms with Crippen LogP contribution in [0.3, 0.4) is 0 Å². The zero-order valence-corrected chi connectivity index (χ0v) is 13.6. The topological polar surface area (TPSA) is 15.3 Å². The molecule has 1 aliphatic heterocycles. The average molecular weight is 276 g/mol. The van der Waals surface area contributed by atoms with Gasteiger partial charge in [-0.3, -0.25) is 0 Å². The second-order valence-electron chi connectivity index (χ2n) is 9.06. The molecule has 3 aliphatic carbocycles. The minimum Gasteiger partial charge on any atom is -0.310 e. The van der Waals surface area contributed by atoms with E-state index in [2.05, 4.69) is 31.0 Å². The summed E-state index contributed by atoms with van der Waals surface area (Å²) >= 11 is 0. The van der Waals surface area contributed by atoms with Crippen LogP contribution in [0.5, 0.6) is 0 Å². The van der Waals surface area contributed by atoms with Gasteiger partial charge in [0.25, 0.3) is 0 Å². The van der Waals surface area contributed by atoms with Gasteiger partial charge in [0.1, 0.15) is 0 Å². The largest absolute Gasteiger partial charge is 0.310 e. The van der Waals surface area contributed by atoms with Gasteiger partial charge in [-0.15, -0.1) is 0 Å². The van der Waals surface area contributed by atoms with E-state index in [-0.39, 0.29) is 0 Å². The monoisotopic (exact) mass is 276 g/mol. The van der Waals surface area contributed by atoms with Crippen molar-refractivity contribution in [3.8, 4) is 0 Å². The minimum atomic E-state index is 0.515. The van der Waals surface area contributed by atoms with Crippen LogP contribution in [0.4, 0.5) is 0 Å². The van der Waals surface area contributed by atoms with Crippen LogP contribution in [0.2, 0.25) is 0 Å². The van der Waals surface area contributed by atoms with Crippen molar-refractivity contribution in [1.82, 2.24) is 10.2 Å². The first-order valence-corrected chi connectivity index (χ1v) is 8.99. The van der Waals surface area contributed by atoms with Crippen molar-refractivity contribution in [2.75, 3.05) is 13.1 Å². The van der Waals surface area contributed by atoms with Gasteiger partial charge in [0.15, 0.2) is 0 Å². The van der Waals surface area contributed by atoms with Crippen LogP contribution in [0.15, 0.2) is 0 Å². The summed E-state index contributed by atoms with van der Waals surface area (Å²) in [5, 5.41) is 4.13. The fourth-order valence-electron chi connectivity index (χ4n) is 5.82. The van der Waals surface area contributed by atoms with E-state index < -0.39 is 0 Å². The first kappa shape index (κ1) is 13.6. The van der Waals surface area contributed by atoms with Gasteiger partial charge in [0, 0.05) is 18.1 Å². The fraction of sp³-hybridized carbons (Fsp3) is 1.00. The highest BCUT2D eigenvalue weighted by Crippen LogP contribution is 2.62. The van der Waals surface area contributed by atoms with Gasteiger partial charge in [0.2, 0.25) is 0 Å². The summed E-state index contributed by atoms with van der Waals surface area (Å²) in [6.45, 7) is 10.3. The Kier molecular flexibility index (Phi) is 3.03. The quantitative estimate of drug-likeness (QED) is 0.850. The van der Waals surface area contributed by atoms with Crippen molar-refractivity contribution >= 4 is 0 Å². The van der Waals surface area contributed by atoms with Gasteiger partial charge in [-0.25, -0.2) is 0 Å². The smallest absolute Gasteiger partial charge is 0.0177 e. The van der Waals surface area contributed by atoms with Gasteiger partial charge in [-0.2, -0.15) is 0 Å². The Morgan fingerprint density at radius 2 is 1.65 bits per heavy atom. The van der Waals surface area contributed by atoms with Crippen molar-refractivity contribution in [2.24, 2.45) is 16.7 Å². The second-order valence-corrected chi connectivity index (χ2v) is 9.06. The lowest BCUT2D eigenvalue weighted by molar-refractivity contribution is 0.0824. The fourth-order valence-corrected chi connectivity index (χ4v) is 5.82. The lowest BCUT2D eigenvalue weighted by Gasteiger charge is -2.46. The van der Waals surface area contributed by atoms with Crippen molar-refractivity contribution in [2.45, 2.75) is 83.8 Å². The molecule has 1 heterocycles. The third kappa shape index (κ3) is 2.06. The molecule has 0 amide bonds. The van der Waals surface area contributed by atoms with Crippen LogP contribution in [-0.2, 0) is 0 Å². The Hall–Kier alpha value is -0.0800. The predicted octanol–water partition coefficient (Wildman–Crippen LogP) is 3.42. The highest BCUT2D eigenvalue weighted by Gasteiger charge is 2.59. The maximum atomic E-state index is 4.13. The summed E-state index contributed by atoms with van der Waals surface area (Å²) in [6, 6.07) is 2.50. The summed E-state index contributed by atoms with van der Waals surface area (Å²) in [6.07, 6.45) is 10.1. The van der Waals surface area contributed by atoms with Crippen LogP contribution in [0.1, 0.15) is 65.7 Å². The molecular weight excluding hydrogens is 244 g/mol. The minimum absolute atomic E-state index is 0.515. The Morgan fingerprint density at radius 3 is 2.20 bits per heavy atom. The molecule has 3 saturated carbocycles. The zero-order chi connectivity index (χ0) is 14.0. The number of hydrogen-bond donors (Lipinski definition) is 1. The van der Waals surface area contributed by atoms with Gasteiger partial charge >= 0.3 is 0 Å². The number of nitrogens with zero attached hydrogens (tertiary/aromatic N) is 1. The van der Waals surface area contributed by atoms with Gasteiger partial charge in [-0.05, 0) is 74.8 Å². The molecule has 3 unspecified atom stereocenters. The average Bonchev–Trinajstić information content (AvgIpc) is 3.15. The summed E-state index contributed by atoms with van der Waals surface area (Å²) in [7, 11) is 0. The molecule has 114 valence electrons. The molecule has 2 nitrogen and oxygen atoms in total. The van der Waals surface area contributed by atoms with Crippen LogP contribution in [0.25, 0.3) is 0 Å². The van der Waals surface area contributed by atoms with E-state index >= 15 is 0 Å². The number of hydrogen-bond acceptors (Lipinski definition) is 2. The highest BCUT2D eigenvalue weighted by molar-refractivity contribution is 5.12. The van der Waals surface area contributed by atoms with Crippen LogP contribution in [-0.4, -0.2) is 36.1 Å². The summed E-state index contributed by atoms with van der Waals surface area (Å²) in [4.78, 5) is 2.74. The predicted molar refractivity (Wildman–Crippen MR) is 83.8 cm³/mol. The normalized spacial score (nSPS) is 45.1. The third-order valence-electron chi connectivity index (χ3n) is 7.26. The molecule has 4 fully saturated rings. The molecule has 0 aromatic carbocycles. The molecule has 2 heteroatoms. The van der Waals surface area contributed by atoms with Crippen molar-refractivity contribution in [3.05, 3.63) is 0 Å². The molecule has 1 N–H and O–H groups in total. The SMILES string of the molecule is CC12CCC(C1)C(C)(C)C2NC1CCN(C2CC2)CC1. The van der Waals surface area contributed by atoms with Gasteiger partial charge < -0.3 is 10.2 Å². The number of rotatable bonds is 3. The molecule has 20 heavy (non-hydrogen) atoms. The molecule has 2 bridgehead atoms. The van der Waals surface area contributed by atoms with E-state index in [1.165, 1.54) is 58.0 Å². The van der Waals surface area contributed by atoms with E-state index in [4.69, 9.17) is 0 Å². The summed E-state index contributed by atoms with van der Waals surface area (Å²) in [5.41, 5.74) is 1.10. The highest BCUT2D eigenvalue weighted by atomic mass is 15.2. The number of piperidine rings is 1. The molecule has 0 aromatic rings. The lowest BCUT2D eigenvalue weighted by atomic mass is 9.68. The summed E-state index contributed by atoms with van der Waals surface area (Å²) in [5.74, 6) is 0.969. The van der Waals surface area contributed by atoms with Crippen LogP contribution < -0.4 is 5.32 Å².